The summed E-state index contributed by atoms with van der Waals surface area (Å²) < 4.78 is 10.0. The smallest absolute Gasteiger partial charge is 0.307 e. The van der Waals surface area contributed by atoms with Crippen LogP contribution in [0, 0.1) is 12.3 Å². The third kappa shape index (κ3) is 4.76. The lowest BCUT2D eigenvalue weighted by atomic mass is 10.2. The Morgan fingerprint density at radius 1 is 1.56 bits per heavy atom. The second-order valence-corrected chi connectivity index (χ2v) is 4.18. The molecular formula is C13H19NO4. The van der Waals surface area contributed by atoms with Crippen LogP contribution < -0.4 is 0 Å². The molecule has 0 spiro atoms. The minimum atomic E-state index is -0.333. The molecule has 0 aromatic heterocycles. The fourth-order valence-electron chi connectivity index (χ4n) is 1.88. The van der Waals surface area contributed by atoms with Crippen LogP contribution in [0.5, 0.6) is 0 Å². The maximum atomic E-state index is 11.8. The second-order valence-electron chi connectivity index (χ2n) is 4.18. The number of esters is 1. The van der Waals surface area contributed by atoms with Gasteiger partial charge < -0.3 is 14.4 Å². The largest absolute Gasteiger partial charge is 0.469 e. The Labute approximate surface area is 107 Å². The molecular weight excluding hydrogens is 234 g/mol. The number of carbonyl (C=O) groups excluding carboxylic acids is 2. The molecule has 0 aliphatic carbocycles. The summed E-state index contributed by atoms with van der Waals surface area (Å²) >= 11 is 0. The molecule has 1 fully saturated rings. The Bertz CT molecular complexity index is 328. The quantitative estimate of drug-likeness (QED) is 0.513. The first-order valence-electron chi connectivity index (χ1n) is 6.07. The third-order valence-corrected chi connectivity index (χ3v) is 2.87. The summed E-state index contributed by atoms with van der Waals surface area (Å²) in [6.45, 7) is 1.56. The van der Waals surface area contributed by atoms with Gasteiger partial charge in [-0.2, -0.15) is 0 Å². The molecule has 0 N–H and O–H groups in total. The maximum absolute atomic E-state index is 11.8. The minimum Gasteiger partial charge on any atom is -0.469 e. The van der Waals surface area contributed by atoms with Crippen molar-refractivity contribution in [3.05, 3.63) is 0 Å². The van der Waals surface area contributed by atoms with Crippen molar-refractivity contribution in [3.63, 3.8) is 0 Å². The van der Waals surface area contributed by atoms with Crippen LogP contribution >= 0.6 is 0 Å². The van der Waals surface area contributed by atoms with Crippen LogP contribution in [-0.2, 0) is 19.1 Å². The number of carbonyl (C=O) groups is 2. The summed E-state index contributed by atoms with van der Waals surface area (Å²) in [4.78, 5) is 24.5. The number of hydrogen-bond acceptors (Lipinski definition) is 4. The zero-order valence-corrected chi connectivity index (χ0v) is 10.7. The predicted molar refractivity (Wildman–Crippen MR) is 65.6 cm³/mol. The fourth-order valence-corrected chi connectivity index (χ4v) is 1.88. The summed E-state index contributed by atoms with van der Waals surface area (Å²) in [5.74, 6) is 1.85. The molecule has 100 valence electrons. The van der Waals surface area contributed by atoms with E-state index in [1.807, 2.05) is 0 Å². The lowest BCUT2D eigenvalue weighted by molar-refractivity contribution is -0.142. The van der Waals surface area contributed by atoms with Crippen molar-refractivity contribution in [3.8, 4) is 12.3 Å². The van der Waals surface area contributed by atoms with Gasteiger partial charge in [-0.3, -0.25) is 9.59 Å². The van der Waals surface area contributed by atoms with Crippen LogP contribution in [0.1, 0.15) is 25.7 Å². The molecule has 5 heteroatoms. The maximum Gasteiger partial charge on any atom is 0.307 e. The molecule has 18 heavy (non-hydrogen) atoms. The number of methoxy groups -OCH3 is 1. The van der Waals surface area contributed by atoms with Crippen molar-refractivity contribution in [2.24, 2.45) is 0 Å². The Kier molecular flexibility index (Phi) is 6.23. The topological polar surface area (TPSA) is 55.8 Å². The molecule has 1 rings (SSSR count). The van der Waals surface area contributed by atoms with Gasteiger partial charge in [0.2, 0.25) is 5.91 Å². The van der Waals surface area contributed by atoms with Gasteiger partial charge in [0.1, 0.15) is 0 Å². The van der Waals surface area contributed by atoms with E-state index < -0.39 is 0 Å². The number of amides is 1. The monoisotopic (exact) mass is 253 g/mol. The molecule has 0 radical (unpaired) electrons. The molecule has 0 bridgehead atoms. The van der Waals surface area contributed by atoms with Crippen molar-refractivity contribution in [2.75, 3.05) is 26.8 Å². The van der Waals surface area contributed by atoms with Crippen molar-refractivity contribution in [2.45, 2.75) is 31.8 Å². The van der Waals surface area contributed by atoms with E-state index in [1.165, 1.54) is 7.11 Å². The molecule has 1 aliphatic rings. The zero-order valence-electron chi connectivity index (χ0n) is 10.7. The van der Waals surface area contributed by atoms with Crippen molar-refractivity contribution < 1.29 is 19.1 Å². The van der Waals surface area contributed by atoms with Gasteiger partial charge in [-0.15, -0.1) is 6.42 Å². The van der Waals surface area contributed by atoms with Gasteiger partial charge in [-0.05, 0) is 12.8 Å². The summed E-state index contributed by atoms with van der Waals surface area (Å²) in [5.41, 5.74) is 0. The minimum absolute atomic E-state index is 0.0495. The van der Waals surface area contributed by atoms with Gasteiger partial charge in [0.25, 0.3) is 0 Å². The number of terminal acetylenes is 1. The Balaban J connectivity index is 2.48. The van der Waals surface area contributed by atoms with Gasteiger partial charge in [0.05, 0.1) is 26.1 Å². The van der Waals surface area contributed by atoms with E-state index in [-0.39, 0.29) is 30.8 Å². The van der Waals surface area contributed by atoms with E-state index in [0.29, 0.717) is 13.1 Å². The second kappa shape index (κ2) is 7.72. The van der Waals surface area contributed by atoms with Gasteiger partial charge in [0, 0.05) is 19.7 Å². The number of ether oxygens (including phenoxy) is 2. The van der Waals surface area contributed by atoms with E-state index >= 15 is 0 Å². The molecule has 0 aromatic rings. The Morgan fingerprint density at radius 2 is 2.33 bits per heavy atom. The molecule has 0 aromatic carbocycles. The number of rotatable bonds is 6. The first-order valence-corrected chi connectivity index (χ1v) is 6.07. The van der Waals surface area contributed by atoms with E-state index in [4.69, 9.17) is 11.2 Å². The van der Waals surface area contributed by atoms with Crippen molar-refractivity contribution >= 4 is 11.9 Å². The van der Waals surface area contributed by atoms with Crippen molar-refractivity contribution in [1.82, 2.24) is 4.90 Å². The first-order chi connectivity index (χ1) is 8.67. The highest BCUT2D eigenvalue weighted by Gasteiger charge is 2.22. The average Bonchev–Trinajstić information content (AvgIpc) is 2.87. The summed E-state index contributed by atoms with van der Waals surface area (Å²) in [6.07, 6.45) is 7.38. The molecule has 0 saturated carbocycles. The molecule has 1 unspecified atom stereocenters. The van der Waals surface area contributed by atoms with Gasteiger partial charge >= 0.3 is 5.97 Å². The van der Waals surface area contributed by atoms with Crippen LogP contribution in [0.15, 0.2) is 0 Å². The Hall–Kier alpha value is -1.54. The third-order valence-electron chi connectivity index (χ3n) is 2.87. The molecule has 1 aliphatic heterocycles. The zero-order chi connectivity index (χ0) is 13.4. The number of hydrogen-bond donors (Lipinski definition) is 0. The van der Waals surface area contributed by atoms with Crippen LogP contribution in [0.25, 0.3) is 0 Å². The predicted octanol–water partition coefficient (Wildman–Crippen LogP) is 0.580. The lowest BCUT2D eigenvalue weighted by Crippen LogP contribution is -2.38. The van der Waals surface area contributed by atoms with Crippen LogP contribution in [0.3, 0.4) is 0 Å². The molecule has 1 amide bonds. The van der Waals surface area contributed by atoms with E-state index in [0.717, 1.165) is 19.4 Å². The van der Waals surface area contributed by atoms with Gasteiger partial charge in [-0.1, -0.05) is 5.92 Å². The molecule has 5 nitrogen and oxygen atoms in total. The fraction of sp³-hybridized carbons (Fsp3) is 0.692. The van der Waals surface area contributed by atoms with E-state index in [1.54, 1.807) is 4.90 Å². The molecule has 1 atom stereocenters. The highest BCUT2D eigenvalue weighted by molar-refractivity contribution is 5.79. The summed E-state index contributed by atoms with van der Waals surface area (Å²) in [6, 6.07) is 0. The van der Waals surface area contributed by atoms with Crippen molar-refractivity contribution in [1.29, 1.82) is 0 Å². The van der Waals surface area contributed by atoms with E-state index in [9.17, 15) is 9.59 Å². The normalized spacial score (nSPS) is 18.1. The SMILES string of the molecule is C#CCC(=O)N(CCC(=O)OC)CC1CCCO1. The summed E-state index contributed by atoms with van der Waals surface area (Å²) in [7, 11) is 1.33. The van der Waals surface area contributed by atoms with Crippen LogP contribution in [0.2, 0.25) is 0 Å². The Morgan fingerprint density at radius 3 is 2.89 bits per heavy atom. The van der Waals surface area contributed by atoms with Crippen LogP contribution in [-0.4, -0.2) is 49.7 Å². The summed E-state index contributed by atoms with van der Waals surface area (Å²) in [5, 5.41) is 0. The molecule has 1 saturated heterocycles. The average molecular weight is 253 g/mol. The van der Waals surface area contributed by atoms with Gasteiger partial charge in [-0.25, -0.2) is 0 Å². The lowest BCUT2D eigenvalue weighted by Gasteiger charge is -2.24. The van der Waals surface area contributed by atoms with Gasteiger partial charge in [0.15, 0.2) is 0 Å². The number of nitrogens with zero attached hydrogens (tertiary/aromatic N) is 1. The standard InChI is InChI=1S/C13H19NO4/c1-3-5-12(15)14(8-7-13(16)17-2)10-11-6-4-9-18-11/h1,11H,4-10H2,2H3. The van der Waals surface area contributed by atoms with Crippen LogP contribution in [0.4, 0.5) is 0 Å². The van der Waals surface area contributed by atoms with E-state index in [2.05, 4.69) is 10.7 Å². The highest BCUT2D eigenvalue weighted by Crippen LogP contribution is 2.14. The first kappa shape index (κ1) is 14.5. The highest BCUT2D eigenvalue weighted by atomic mass is 16.5. The molecule has 1 heterocycles.